The van der Waals surface area contributed by atoms with Crippen LogP contribution in [-0.2, 0) is 37.9 Å². The lowest BCUT2D eigenvalue weighted by molar-refractivity contribution is -0.0146. The van der Waals surface area contributed by atoms with Crippen molar-refractivity contribution in [2.75, 3.05) is 72.7 Å². The molecule has 0 aliphatic carbocycles. The second-order valence-electron chi connectivity index (χ2n) is 6.65. The Hall–Kier alpha value is -0.320. The molecule has 4 heterocycles. The van der Waals surface area contributed by atoms with Crippen LogP contribution in [0.25, 0.3) is 0 Å². The van der Waals surface area contributed by atoms with Gasteiger partial charge in [0.15, 0.2) is 0 Å². The molecule has 146 valence electrons. The summed E-state index contributed by atoms with van der Waals surface area (Å²) >= 11 is 0. The van der Waals surface area contributed by atoms with Gasteiger partial charge in [-0.3, -0.25) is 0 Å². The molecule has 8 nitrogen and oxygen atoms in total. The molecule has 0 aromatic rings. The Morgan fingerprint density at radius 3 is 1.52 bits per heavy atom. The zero-order valence-electron chi connectivity index (χ0n) is 14.9. The second kappa shape index (κ2) is 10.7. The largest absolute Gasteiger partial charge is 0.376 e. The average Bonchev–Trinajstić information content (AvgIpc) is 3.47. The van der Waals surface area contributed by atoms with Crippen LogP contribution in [0.4, 0.5) is 0 Å². The molecular formula is C17H30O8. The molecule has 4 fully saturated rings. The zero-order chi connectivity index (χ0) is 17.3. The third kappa shape index (κ3) is 11.1. The summed E-state index contributed by atoms with van der Waals surface area (Å²) in [5.74, 6) is 0. The Bertz CT molecular complexity index is 337. The van der Waals surface area contributed by atoms with E-state index in [1.165, 1.54) is 0 Å². The second-order valence-corrected chi connectivity index (χ2v) is 6.65. The van der Waals surface area contributed by atoms with Gasteiger partial charge in [-0.15, -0.1) is 0 Å². The number of hydrogen-bond acceptors (Lipinski definition) is 8. The highest BCUT2D eigenvalue weighted by atomic mass is 16.6. The van der Waals surface area contributed by atoms with E-state index in [1.807, 2.05) is 6.92 Å². The quantitative estimate of drug-likeness (QED) is 0.316. The number of epoxide rings is 4. The van der Waals surface area contributed by atoms with Crippen LogP contribution < -0.4 is 0 Å². The van der Waals surface area contributed by atoms with Crippen molar-refractivity contribution in [1.82, 2.24) is 0 Å². The highest BCUT2D eigenvalue weighted by molar-refractivity contribution is 4.70. The van der Waals surface area contributed by atoms with Gasteiger partial charge in [-0.25, -0.2) is 0 Å². The van der Waals surface area contributed by atoms with E-state index in [9.17, 15) is 0 Å². The first-order valence-corrected chi connectivity index (χ1v) is 9.11. The predicted molar refractivity (Wildman–Crippen MR) is 86.8 cm³/mol. The summed E-state index contributed by atoms with van der Waals surface area (Å²) < 4.78 is 41.4. The normalized spacial score (nSPS) is 32.5. The molecule has 4 saturated heterocycles. The number of hydrogen-bond donors (Lipinski definition) is 0. The maximum Gasteiger partial charge on any atom is 0.104 e. The SMILES string of the molecule is C(COCC1CO1)OCC1CO1.CC(COCC1CO1)OCC1CO1. The highest BCUT2D eigenvalue weighted by Gasteiger charge is 2.25. The highest BCUT2D eigenvalue weighted by Crippen LogP contribution is 2.11. The molecule has 4 aliphatic rings. The summed E-state index contributed by atoms with van der Waals surface area (Å²) in [6.45, 7) is 10.2. The van der Waals surface area contributed by atoms with Gasteiger partial charge in [0.2, 0.25) is 0 Å². The molecule has 0 spiro atoms. The Morgan fingerprint density at radius 2 is 1.08 bits per heavy atom. The van der Waals surface area contributed by atoms with E-state index in [-0.39, 0.29) is 6.10 Å². The predicted octanol–water partition coefficient (Wildman–Crippen LogP) is 0.0229. The van der Waals surface area contributed by atoms with E-state index < -0.39 is 0 Å². The van der Waals surface area contributed by atoms with Gasteiger partial charge in [0, 0.05) is 0 Å². The molecule has 5 unspecified atom stereocenters. The fraction of sp³-hybridized carbons (Fsp3) is 1.00. The third-order valence-electron chi connectivity index (χ3n) is 3.81. The summed E-state index contributed by atoms with van der Waals surface area (Å²) in [6.07, 6.45) is 1.56. The molecular weight excluding hydrogens is 332 g/mol. The summed E-state index contributed by atoms with van der Waals surface area (Å²) in [5, 5.41) is 0. The van der Waals surface area contributed by atoms with Crippen molar-refractivity contribution >= 4 is 0 Å². The first kappa shape index (κ1) is 19.4. The van der Waals surface area contributed by atoms with Gasteiger partial charge in [0.25, 0.3) is 0 Å². The van der Waals surface area contributed by atoms with Crippen LogP contribution in [0.1, 0.15) is 6.92 Å². The lowest BCUT2D eigenvalue weighted by atomic mass is 10.4. The molecule has 4 aliphatic heterocycles. The van der Waals surface area contributed by atoms with Crippen LogP contribution in [0.5, 0.6) is 0 Å². The fourth-order valence-corrected chi connectivity index (χ4v) is 1.89. The zero-order valence-corrected chi connectivity index (χ0v) is 14.9. The average molecular weight is 362 g/mol. The summed E-state index contributed by atoms with van der Waals surface area (Å²) in [5.41, 5.74) is 0. The molecule has 5 atom stereocenters. The fourth-order valence-electron chi connectivity index (χ4n) is 1.89. The molecule has 4 rings (SSSR count). The van der Waals surface area contributed by atoms with Crippen LogP contribution in [0.3, 0.4) is 0 Å². The molecule has 0 aromatic heterocycles. The van der Waals surface area contributed by atoms with Crippen molar-refractivity contribution in [2.24, 2.45) is 0 Å². The lowest BCUT2D eigenvalue weighted by Crippen LogP contribution is -2.19. The molecule has 0 saturated carbocycles. The molecule has 0 amide bonds. The topological polar surface area (TPSA) is 87.0 Å². The van der Waals surface area contributed by atoms with Gasteiger partial charge in [0.05, 0.1) is 78.8 Å². The van der Waals surface area contributed by atoms with E-state index in [1.54, 1.807) is 0 Å². The maximum absolute atomic E-state index is 5.48. The van der Waals surface area contributed by atoms with E-state index in [2.05, 4.69) is 0 Å². The minimum atomic E-state index is 0.156. The Labute approximate surface area is 148 Å². The van der Waals surface area contributed by atoms with Gasteiger partial charge in [-0.05, 0) is 6.92 Å². The van der Waals surface area contributed by atoms with Crippen molar-refractivity contribution in [3.8, 4) is 0 Å². The summed E-state index contributed by atoms with van der Waals surface area (Å²) in [6, 6.07) is 0. The van der Waals surface area contributed by atoms with Crippen molar-refractivity contribution in [3.63, 3.8) is 0 Å². The van der Waals surface area contributed by atoms with Gasteiger partial charge >= 0.3 is 0 Å². The molecule has 0 radical (unpaired) electrons. The van der Waals surface area contributed by atoms with Crippen LogP contribution >= 0.6 is 0 Å². The van der Waals surface area contributed by atoms with E-state index in [4.69, 9.17) is 37.9 Å². The summed E-state index contributed by atoms with van der Waals surface area (Å²) in [7, 11) is 0. The Balaban J connectivity index is 0.000000146. The minimum Gasteiger partial charge on any atom is -0.376 e. The Morgan fingerprint density at radius 1 is 0.680 bits per heavy atom. The first-order chi connectivity index (χ1) is 12.3. The molecule has 25 heavy (non-hydrogen) atoms. The van der Waals surface area contributed by atoms with Crippen LogP contribution in [-0.4, -0.2) is 103 Å². The monoisotopic (exact) mass is 362 g/mol. The van der Waals surface area contributed by atoms with Crippen LogP contribution in [0.15, 0.2) is 0 Å². The minimum absolute atomic E-state index is 0.156. The number of ether oxygens (including phenoxy) is 8. The van der Waals surface area contributed by atoms with Gasteiger partial charge in [0.1, 0.15) is 24.4 Å². The lowest BCUT2D eigenvalue weighted by Gasteiger charge is -2.11. The summed E-state index contributed by atoms with van der Waals surface area (Å²) in [4.78, 5) is 0. The van der Waals surface area contributed by atoms with Crippen molar-refractivity contribution in [1.29, 1.82) is 0 Å². The third-order valence-corrected chi connectivity index (χ3v) is 3.81. The van der Waals surface area contributed by atoms with Gasteiger partial charge in [-0.2, -0.15) is 0 Å². The van der Waals surface area contributed by atoms with E-state index in [0.717, 1.165) is 26.4 Å². The van der Waals surface area contributed by atoms with Crippen LogP contribution in [0, 0.1) is 0 Å². The van der Waals surface area contributed by atoms with Crippen molar-refractivity contribution < 1.29 is 37.9 Å². The molecule has 0 aromatic carbocycles. The van der Waals surface area contributed by atoms with E-state index in [0.29, 0.717) is 70.7 Å². The molecule has 8 heteroatoms. The standard InChI is InChI=1S/C9H16O4.C8H14O4/c1-7(11-4-9-6-13-9)2-10-3-8-5-12-8;1(9-3-7-5-11-7)2-10-4-8-6-12-8/h7-9H,2-6H2,1H3;7-8H,1-6H2. The van der Waals surface area contributed by atoms with Crippen LogP contribution in [0.2, 0.25) is 0 Å². The van der Waals surface area contributed by atoms with Gasteiger partial charge < -0.3 is 37.9 Å². The first-order valence-electron chi connectivity index (χ1n) is 9.11. The van der Waals surface area contributed by atoms with Crippen molar-refractivity contribution in [3.05, 3.63) is 0 Å². The van der Waals surface area contributed by atoms with Gasteiger partial charge in [-0.1, -0.05) is 0 Å². The Kier molecular flexibility index (Phi) is 8.35. The molecule has 0 N–H and O–H groups in total. The van der Waals surface area contributed by atoms with Crippen molar-refractivity contribution in [2.45, 2.75) is 37.4 Å². The smallest absolute Gasteiger partial charge is 0.104 e. The molecule has 0 bridgehead atoms. The number of rotatable bonds is 14. The van der Waals surface area contributed by atoms with E-state index >= 15 is 0 Å². The maximum atomic E-state index is 5.48.